The summed E-state index contributed by atoms with van der Waals surface area (Å²) < 4.78 is 3.38. The molecule has 2 nitrogen and oxygen atoms in total. The van der Waals surface area contributed by atoms with Crippen LogP contribution in [0.3, 0.4) is 0 Å². The van der Waals surface area contributed by atoms with Gasteiger partial charge in [0.05, 0.1) is 10.6 Å². The average molecular weight is 385 g/mol. The van der Waals surface area contributed by atoms with E-state index in [-0.39, 0.29) is 0 Å². The van der Waals surface area contributed by atoms with Gasteiger partial charge >= 0.3 is 0 Å². The molecule has 0 fully saturated rings. The molecule has 25 heavy (non-hydrogen) atoms. The predicted molar refractivity (Wildman–Crippen MR) is 112 cm³/mol. The minimum Gasteiger partial charge on any atom is -0.254 e. The first-order chi connectivity index (χ1) is 12.2. The van der Waals surface area contributed by atoms with E-state index in [0.29, 0.717) is 0 Å². The molecule has 0 unspecified atom stereocenters. The molecule has 0 aliphatic heterocycles. The van der Waals surface area contributed by atoms with Crippen LogP contribution in [0.5, 0.6) is 0 Å². The molecule has 0 saturated carbocycles. The Morgan fingerprint density at radius 1 is 1.04 bits per heavy atom. The number of hydrogen-bond donors (Lipinski definition) is 1. The van der Waals surface area contributed by atoms with Crippen molar-refractivity contribution >= 4 is 45.6 Å². The van der Waals surface area contributed by atoms with Crippen LogP contribution in [-0.2, 0) is 6.54 Å². The summed E-state index contributed by atoms with van der Waals surface area (Å²) >= 11 is 9.08. The fourth-order valence-electron chi connectivity index (χ4n) is 2.14. The van der Waals surface area contributed by atoms with Crippen molar-refractivity contribution in [2.75, 3.05) is 0 Å². The third kappa shape index (κ3) is 5.31. The van der Waals surface area contributed by atoms with Crippen LogP contribution >= 0.6 is 34.9 Å². The highest BCUT2D eigenvalue weighted by atomic mass is 35.5. The molecule has 0 bridgehead atoms. The lowest BCUT2D eigenvalue weighted by atomic mass is 10.2. The summed E-state index contributed by atoms with van der Waals surface area (Å²) in [6.45, 7) is 4.83. The standard InChI is InChI=1S/C20H17ClN2S2/c1-15(19-8-5-13-24-19)23-20(17-6-3-2-4-7-17)25-22-14-16-9-11-18(21)12-10-16/h2-13,22H,1,14H2. The van der Waals surface area contributed by atoms with Gasteiger partial charge in [-0.2, -0.15) is 0 Å². The fourth-order valence-corrected chi connectivity index (χ4v) is 3.69. The number of nitrogens with zero attached hydrogens (tertiary/aromatic N) is 1. The van der Waals surface area contributed by atoms with Crippen LogP contribution in [0.4, 0.5) is 0 Å². The number of rotatable bonds is 6. The van der Waals surface area contributed by atoms with Gasteiger partial charge in [0.2, 0.25) is 0 Å². The Morgan fingerprint density at radius 3 is 2.48 bits per heavy atom. The third-order valence-electron chi connectivity index (χ3n) is 3.42. The monoisotopic (exact) mass is 384 g/mol. The van der Waals surface area contributed by atoms with Gasteiger partial charge in [0, 0.05) is 17.1 Å². The number of hydrogen-bond acceptors (Lipinski definition) is 4. The number of benzene rings is 2. The molecular weight excluding hydrogens is 368 g/mol. The largest absolute Gasteiger partial charge is 0.254 e. The van der Waals surface area contributed by atoms with E-state index in [1.54, 1.807) is 11.3 Å². The highest BCUT2D eigenvalue weighted by molar-refractivity contribution is 8.12. The summed E-state index contributed by atoms with van der Waals surface area (Å²) in [7, 11) is 0. The molecule has 1 heterocycles. The second-order valence-corrected chi connectivity index (χ2v) is 7.52. The van der Waals surface area contributed by atoms with Crippen LogP contribution in [-0.4, -0.2) is 5.04 Å². The molecular formula is C20H17ClN2S2. The minimum absolute atomic E-state index is 0.721. The summed E-state index contributed by atoms with van der Waals surface area (Å²) in [6.07, 6.45) is 0. The molecule has 126 valence electrons. The second-order valence-electron chi connectivity index (χ2n) is 5.26. The molecule has 5 heteroatoms. The molecule has 0 amide bonds. The Labute approximate surface area is 161 Å². The molecule has 3 aromatic rings. The van der Waals surface area contributed by atoms with E-state index >= 15 is 0 Å². The van der Waals surface area contributed by atoms with Crippen LogP contribution in [0, 0.1) is 0 Å². The summed E-state index contributed by atoms with van der Waals surface area (Å²) in [5.74, 6) is 0. The lowest BCUT2D eigenvalue weighted by molar-refractivity contribution is 0.982. The fraction of sp³-hybridized carbons (Fsp3) is 0.0500. The van der Waals surface area contributed by atoms with Crippen LogP contribution < -0.4 is 4.72 Å². The van der Waals surface area contributed by atoms with Crippen molar-refractivity contribution in [3.05, 3.63) is 99.7 Å². The average Bonchev–Trinajstić information content (AvgIpc) is 3.18. The Morgan fingerprint density at radius 2 is 1.80 bits per heavy atom. The maximum absolute atomic E-state index is 5.93. The van der Waals surface area contributed by atoms with Gasteiger partial charge in [-0.25, -0.2) is 4.99 Å². The highest BCUT2D eigenvalue weighted by Crippen LogP contribution is 2.23. The van der Waals surface area contributed by atoms with E-state index in [0.717, 1.165) is 32.7 Å². The van der Waals surface area contributed by atoms with Gasteiger partial charge < -0.3 is 0 Å². The van der Waals surface area contributed by atoms with Crippen molar-refractivity contribution in [3.63, 3.8) is 0 Å². The Hall–Kier alpha value is -1.85. The first-order valence-corrected chi connectivity index (χ1v) is 9.81. The molecule has 0 spiro atoms. The summed E-state index contributed by atoms with van der Waals surface area (Å²) in [5.41, 5.74) is 3.00. The van der Waals surface area contributed by atoms with Crippen LogP contribution in [0.2, 0.25) is 5.02 Å². The zero-order chi connectivity index (χ0) is 17.5. The number of nitrogens with one attached hydrogen (secondary N) is 1. The molecule has 0 radical (unpaired) electrons. The van der Waals surface area contributed by atoms with Gasteiger partial charge in [-0.15, -0.1) is 11.3 Å². The van der Waals surface area contributed by atoms with Crippen molar-refractivity contribution < 1.29 is 0 Å². The lowest BCUT2D eigenvalue weighted by Crippen LogP contribution is -2.09. The third-order valence-corrected chi connectivity index (χ3v) is 5.40. The normalized spacial score (nSPS) is 11.5. The van der Waals surface area contributed by atoms with Gasteiger partial charge in [0.1, 0.15) is 5.04 Å². The van der Waals surface area contributed by atoms with E-state index in [1.165, 1.54) is 17.5 Å². The van der Waals surface area contributed by atoms with Crippen LogP contribution in [0.15, 0.2) is 83.7 Å². The molecule has 2 aromatic carbocycles. The quantitative estimate of drug-likeness (QED) is 0.308. The molecule has 0 aliphatic carbocycles. The zero-order valence-corrected chi connectivity index (χ0v) is 15.9. The second kappa shape index (κ2) is 9.02. The van der Waals surface area contributed by atoms with Crippen molar-refractivity contribution in [2.24, 2.45) is 4.99 Å². The maximum atomic E-state index is 5.93. The summed E-state index contributed by atoms with van der Waals surface area (Å²) in [5, 5.41) is 3.67. The maximum Gasteiger partial charge on any atom is 0.119 e. The number of halogens is 1. The highest BCUT2D eigenvalue weighted by Gasteiger charge is 2.07. The van der Waals surface area contributed by atoms with Crippen molar-refractivity contribution in [1.29, 1.82) is 0 Å². The Bertz CT molecular complexity index is 841. The summed E-state index contributed by atoms with van der Waals surface area (Å²) in [6, 6.07) is 22.0. The Balaban J connectivity index is 1.72. The topological polar surface area (TPSA) is 24.4 Å². The van der Waals surface area contributed by atoms with Crippen molar-refractivity contribution in [1.82, 2.24) is 4.72 Å². The first-order valence-electron chi connectivity index (χ1n) is 7.73. The van der Waals surface area contributed by atoms with E-state index in [9.17, 15) is 0 Å². The Kier molecular flexibility index (Phi) is 6.48. The molecule has 1 N–H and O–H groups in total. The lowest BCUT2D eigenvalue weighted by Gasteiger charge is -2.09. The van der Waals surface area contributed by atoms with Crippen LogP contribution in [0.25, 0.3) is 5.70 Å². The van der Waals surface area contributed by atoms with E-state index < -0.39 is 0 Å². The first kappa shape index (κ1) is 18.0. The zero-order valence-electron chi connectivity index (χ0n) is 13.5. The molecule has 1 aromatic heterocycles. The van der Waals surface area contributed by atoms with Gasteiger partial charge in [-0.05, 0) is 41.1 Å². The smallest absolute Gasteiger partial charge is 0.119 e. The minimum atomic E-state index is 0.721. The number of thiophene rings is 1. The molecule has 0 aliphatic rings. The van der Waals surface area contributed by atoms with Crippen LogP contribution in [0.1, 0.15) is 16.0 Å². The van der Waals surface area contributed by atoms with Gasteiger partial charge in [0.25, 0.3) is 0 Å². The molecule has 0 saturated heterocycles. The summed E-state index contributed by atoms with van der Waals surface area (Å²) in [4.78, 5) is 5.82. The van der Waals surface area contributed by atoms with E-state index in [1.807, 2.05) is 60.0 Å². The predicted octanol–water partition coefficient (Wildman–Crippen LogP) is 6.26. The van der Waals surface area contributed by atoms with E-state index in [4.69, 9.17) is 16.6 Å². The van der Waals surface area contributed by atoms with Gasteiger partial charge in [-0.1, -0.05) is 66.7 Å². The van der Waals surface area contributed by atoms with Crippen molar-refractivity contribution in [3.8, 4) is 0 Å². The van der Waals surface area contributed by atoms with Gasteiger partial charge in [0.15, 0.2) is 0 Å². The van der Waals surface area contributed by atoms with Gasteiger partial charge in [-0.3, -0.25) is 4.72 Å². The number of aliphatic imine (C=N–C) groups is 1. The molecule has 3 rings (SSSR count). The SMILES string of the molecule is C=C(N=C(SNCc1ccc(Cl)cc1)c1ccccc1)c1cccs1. The van der Waals surface area contributed by atoms with Crippen molar-refractivity contribution in [2.45, 2.75) is 6.54 Å². The van der Waals surface area contributed by atoms with E-state index in [2.05, 4.69) is 23.4 Å². The molecule has 0 atom stereocenters.